The van der Waals surface area contributed by atoms with E-state index in [1.807, 2.05) is 0 Å². The number of nitrogens with zero attached hydrogens (tertiary/aromatic N) is 3. The fourth-order valence-electron chi connectivity index (χ4n) is 3.28. The molecule has 3 heterocycles. The van der Waals surface area contributed by atoms with Crippen molar-refractivity contribution < 1.29 is 38.7 Å². The number of halogens is 1. The number of allylic oxidation sites excluding steroid dienone is 1. The topological polar surface area (TPSA) is 177 Å². The molecule has 1 unspecified atom stereocenters. The number of amides is 3. The largest absolute Gasteiger partial charge is 0.477 e. The molecule has 16 heteroatoms. The molecule has 198 valence electrons. The number of carboxylic acids is 1. The van der Waals surface area contributed by atoms with Crippen molar-refractivity contribution in [3.63, 3.8) is 0 Å². The second-order valence-corrected chi connectivity index (χ2v) is 10.6. The molecule has 3 N–H and O–H groups in total. The number of aromatic nitrogens is 1. The van der Waals surface area contributed by atoms with Gasteiger partial charge in [0, 0.05) is 16.7 Å². The number of thiazole rings is 1. The monoisotopic (exact) mass is 571 g/mol. The highest BCUT2D eigenvalue weighted by atomic mass is 35.5. The van der Waals surface area contributed by atoms with Gasteiger partial charge >= 0.3 is 11.9 Å². The Bertz CT molecular complexity index is 1210. The number of fused-ring (bicyclic) bond motifs is 1. The van der Waals surface area contributed by atoms with Crippen molar-refractivity contribution >= 4 is 75.7 Å². The summed E-state index contributed by atoms with van der Waals surface area (Å²) in [6.07, 6.45) is 1.80. The molecule has 1 saturated heterocycles. The summed E-state index contributed by atoms with van der Waals surface area (Å²) in [6, 6.07) is -1.06. The number of carboxylic acid groups (broad SMARTS) is 1. The average Bonchev–Trinajstić information content (AvgIpc) is 3.27. The fraction of sp³-hybridized carbons (Fsp3) is 0.381. The van der Waals surface area contributed by atoms with E-state index in [4.69, 9.17) is 21.2 Å². The number of rotatable bonds is 10. The predicted octanol–water partition coefficient (Wildman–Crippen LogP) is 1.26. The van der Waals surface area contributed by atoms with Gasteiger partial charge in [-0.15, -0.1) is 23.1 Å². The van der Waals surface area contributed by atoms with E-state index in [1.165, 1.54) is 23.2 Å². The van der Waals surface area contributed by atoms with Crippen LogP contribution in [0.1, 0.15) is 26.5 Å². The van der Waals surface area contributed by atoms with Gasteiger partial charge in [-0.25, -0.2) is 14.6 Å². The van der Waals surface area contributed by atoms with Gasteiger partial charge in [-0.2, -0.15) is 0 Å². The summed E-state index contributed by atoms with van der Waals surface area (Å²) in [4.78, 5) is 70.6. The molecule has 0 aliphatic carbocycles. The number of hydrogen-bond acceptors (Lipinski definition) is 11. The third kappa shape index (κ3) is 6.67. The number of ether oxygens (including phenoxy) is 1. The van der Waals surface area contributed by atoms with E-state index >= 15 is 0 Å². The molecule has 37 heavy (non-hydrogen) atoms. The Morgan fingerprint density at radius 2 is 2.11 bits per heavy atom. The Morgan fingerprint density at radius 1 is 1.38 bits per heavy atom. The van der Waals surface area contributed by atoms with Crippen molar-refractivity contribution in [1.82, 2.24) is 15.2 Å². The first-order chi connectivity index (χ1) is 17.5. The Kier molecular flexibility index (Phi) is 8.94. The van der Waals surface area contributed by atoms with Crippen molar-refractivity contribution in [2.75, 3.05) is 17.7 Å². The maximum atomic E-state index is 13.1. The highest BCUT2D eigenvalue weighted by Crippen LogP contribution is 2.40. The van der Waals surface area contributed by atoms with Gasteiger partial charge in [0.25, 0.3) is 11.8 Å². The van der Waals surface area contributed by atoms with Crippen LogP contribution >= 0.6 is 34.7 Å². The first kappa shape index (κ1) is 28.1. The van der Waals surface area contributed by atoms with E-state index in [9.17, 15) is 29.1 Å². The maximum absolute atomic E-state index is 13.1. The summed E-state index contributed by atoms with van der Waals surface area (Å²) < 4.78 is 5.13. The summed E-state index contributed by atoms with van der Waals surface area (Å²) in [7, 11) is 0. The summed E-state index contributed by atoms with van der Waals surface area (Å²) >= 11 is 7.84. The van der Waals surface area contributed by atoms with Crippen LogP contribution in [0, 0.1) is 0 Å². The summed E-state index contributed by atoms with van der Waals surface area (Å²) in [5.74, 6) is -3.28. The first-order valence-corrected chi connectivity index (χ1v) is 12.9. The van der Waals surface area contributed by atoms with Gasteiger partial charge in [0.2, 0.25) is 13.0 Å². The predicted molar refractivity (Wildman–Crippen MR) is 135 cm³/mol. The number of anilines is 1. The van der Waals surface area contributed by atoms with Crippen molar-refractivity contribution in [3.05, 3.63) is 34.0 Å². The minimum atomic E-state index is -1.30. The lowest BCUT2D eigenvalue weighted by Crippen LogP contribution is -2.71. The standard InChI is InChI=1S/C21H22ClN5O8S2/c1-21(2,3)35-12(29)6-34-26-13(11-8-37-20(24-11)23-9-28)16(30)25-14-17(31)27-15(19(32)33)10(4-5-22)7-36-18(14)27/h4-5,8-9,14,18H,6-7H2,1-3H3,(H,25,30)(H,32,33)(H,23,24,28)/b5-4+,26-13-/t14?,18-/m1/s1. The third-order valence-electron chi connectivity index (χ3n) is 4.65. The van der Waals surface area contributed by atoms with Crippen LogP contribution in [0.4, 0.5) is 5.13 Å². The molecular weight excluding hydrogens is 550 g/mol. The van der Waals surface area contributed by atoms with Gasteiger partial charge in [-0.05, 0) is 32.4 Å². The molecular formula is C21H22ClN5O8S2. The molecule has 0 spiro atoms. The summed E-state index contributed by atoms with van der Waals surface area (Å²) in [6.45, 7) is 4.42. The summed E-state index contributed by atoms with van der Waals surface area (Å²) in [5, 5.41) is 19.1. The van der Waals surface area contributed by atoms with Gasteiger partial charge in [0.1, 0.15) is 28.4 Å². The molecule has 0 aromatic carbocycles. The van der Waals surface area contributed by atoms with Crippen molar-refractivity contribution in [2.24, 2.45) is 5.16 Å². The molecule has 1 aromatic rings. The molecule has 1 aromatic heterocycles. The minimum absolute atomic E-state index is 0.0108. The molecule has 0 radical (unpaired) electrons. The van der Waals surface area contributed by atoms with E-state index in [2.05, 4.69) is 20.8 Å². The molecule has 13 nitrogen and oxygen atoms in total. The van der Waals surface area contributed by atoms with E-state index in [1.54, 1.807) is 20.8 Å². The van der Waals surface area contributed by atoms with Crippen molar-refractivity contribution in [1.29, 1.82) is 0 Å². The average molecular weight is 572 g/mol. The van der Waals surface area contributed by atoms with Gasteiger partial charge < -0.3 is 25.3 Å². The lowest BCUT2D eigenvalue weighted by molar-refractivity contribution is -0.160. The maximum Gasteiger partial charge on any atom is 0.352 e. The number of carbonyl (C=O) groups excluding carboxylic acids is 4. The molecule has 0 bridgehead atoms. The molecule has 0 saturated carbocycles. The van der Waals surface area contributed by atoms with Crippen LogP contribution in [0.3, 0.4) is 0 Å². The van der Waals surface area contributed by atoms with Crippen LogP contribution in [-0.4, -0.2) is 80.2 Å². The zero-order valence-corrected chi connectivity index (χ0v) is 22.1. The van der Waals surface area contributed by atoms with Crippen LogP contribution in [0.15, 0.2) is 33.4 Å². The third-order valence-corrected chi connectivity index (χ3v) is 6.86. The van der Waals surface area contributed by atoms with Crippen LogP contribution < -0.4 is 10.6 Å². The fourth-order valence-corrected chi connectivity index (χ4v) is 5.41. The van der Waals surface area contributed by atoms with Gasteiger partial charge in [-0.3, -0.25) is 19.3 Å². The number of β-lactam (4-membered cyclic amide) rings is 1. The highest BCUT2D eigenvalue weighted by molar-refractivity contribution is 8.00. The zero-order chi connectivity index (χ0) is 27.3. The molecule has 1 fully saturated rings. The molecule has 3 amide bonds. The molecule has 2 aliphatic heterocycles. The van der Waals surface area contributed by atoms with E-state index in [-0.39, 0.29) is 28.0 Å². The van der Waals surface area contributed by atoms with Crippen LogP contribution in [-0.2, 0) is 33.5 Å². The number of nitrogens with one attached hydrogen (secondary N) is 2. The van der Waals surface area contributed by atoms with E-state index in [0.717, 1.165) is 21.8 Å². The van der Waals surface area contributed by atoms with Crippen LogP contribution in [0.2, 0.25) is 0 Å². The second kappa shape index (κ2) is 11.7. The van der Waals surface area contributed by atoms with Crippen molar-refractivity contribution in [2.45, 2.75) is 37.8 Å². The lowest BCUT2D eigenvalue weighted by atomic mass is 10.0. The van der Waals surface area contributed by atoms with Crippen LogP contribution in [0.5, 0.6) is 0 Å². The Labute approximate surface area is 223 Å². The van der Waals surface area contributed by atoms with Crippen LogP contribution in [0.25, 0.3) is 0 Å². The van der Waals surface area contributed by atoms with Gasteiger partial charge in [0.15, 0.2) is 10.8 Å². The molecule has 2 aliphatic rings. The number of aliphatic carboxylic acids is 1. The van der Waals surface area contributed by atoms with Gasteiger partial charge in [0.05, 0.1) is 0 Å². The Balaban J connectivity index is 1.79. The molecule has 3 rings (SSSR count). The van der Waals surface area contributed by atoms with E-state index in [0.29, 0.717) is 12.0 Å². The zero-order valence-electron chi connectivity index (χ0n) is 19.7. The number of carbonyl (C=O) groups is 5. The van der Waals surface area contributed by atoms with E-state index < -0.39 is 47.4 Å². The summed E-state index contributed by atoms with van der Waals surface area (Å²) in [5.41, 5.74) is 0.185. The number of hydrogen-bond donors (Lipinski definition) is 3. The number of thioether (sulfide) groups is 1. The number of esters is 1. The quantitative estimate of drug-likeness (QED) is 0.122. The number of oxime groups is 1. The normalized spacial score (nSPS) is 19.7. The Morgan fingerprint density at radius 3 is 2.73 bits per heavy atom. The van der Waals surface area contributed by atoms with Crippen molar-refractivity contribution in [3.8, 4) is 0 Å². The Hall–Kier alpha value is -3.43. The van der Waals surface area contributed by atoms with Gasteiger partial charge in [-0.1, -0.05) is 16.8 Å². The molecule has 2 atom stereocenters. The second-order valence-electron chi connectivity index (χ2n) is 8.43. The minimum Gasteiger partial charge on any atom is -0.477 e. The SMILES string of the molecule is CC(C)(C)OC(=O)CO/N=C(\C(=O)NC1C(=O)N2C(C(=O)O)=C(/C=C/Cl)CS[C@H]12)c1csc(NC=O)n1. The lowest BCUT2D eigenvalue weighted by Gasteiger charge is -2.49. The highest BCUT2D eigenvalue weighted by Gasteiger charge is 2.54. The smallest absolute Gasteiger partial charge is 0.352 e. The first-order valence-electron chi connectivity index (χ1n) is 10.5.